The van der Waals surface area contributed by atoms with Gasteiger partial charge in [-0.25, -0.2) is 0 Å². The van der Waals surface area contributed by atoms with E-state index in [1.807, 2.05) is 6.92 Å². The van der Waals surface area contributed by atoms with Gasteiger partial charge in [0.05, 0.1) is 13.2 Å². The Morgan fingerprint density at radius 3 is 2.80 bits per heavy atom. The van der Waals surface area contributed by atoms with Gasteiger partial charge in [0, 0.05) is 19.6 Å². The number of rotatable bonds is 9. The third kappa shape index (κ3) is 11.1. The standard InChI is InChI=1S/C11H21NO3/c1-10(2)9-15-8-6-12-11(14)5-3-4-7-13/h13H,1,3-9H2,2H3,(H,12,14). The Balaban J connectivity index is 3.20. The van der Waals surface area contributed by atoms with Crippen LogP contribution in [0.3, 0.4) is 0 Å². The smallest absolute Gasteiger partial charge is 0.220 e. The van der Waals surface area contributed by atoms with Crippen LogP contribution in [0.1, 0.15) is 26.2 Å². The molecule has 4 nitrogen and oxygen atoms in total. The van der Waals surface area contributed by atoms with Crippen molar-refractivity contribution in [1.29, 1.82) is 0 Å². The highest BCUT2D eigenvalue weighted by atomic mass is 16.5. The summed E-state index contributed by atoms with van der Waals surface area (Å²) in [6, 6.07) is 0. The number of amides is 1. The molecule has 0 aromatic heterocycles. The molecule has 0 bridgehead atoms. The van der Waals surface area contributed by atoms with Crippen LogP contribution in [0.4, 0.5) is 0 Å². The molecular weight excluding hydrogens is 194 g/mol. The summed E-state index contributed by atoms with van der Waals surface area (Å²) < 4.78 is 5.22. The minimum absolute atomic E-state index is 0.0161. The number of aliphatic hydroxyl groups is 1. The van der Waals surface area contributed by atoms with Gasteiger partial charge >= 0.3 is 0 Å². The van der Waals surface area contributed by atoms with Gasteiger partial charge in [0.1, 0.15) is 0 Å². The lowest BCUT2D eigenvalue weighted by molar-refractivity contribution is -0.121. The molecule has 0 rings (SSSR count). The van der Waals surface area contributed by atoms with E-state index >= 15 is 0 Å². The van der Waals surface area contributed by atoms with Crippen LogP contribution in [0.5, 0.6) is 0 Å². The maximum absolute atomic E-state index is 11.1. The number of nitrogens with one attached hydrogen (secondary N) is 1. The van der Waals surface area contributed by atoms with E-state index in [4.69, 9.17) is 9.84 Å². The molecule has 4 heteroatoms. The lowest BCUT2D eigenvalue weighted by Gasteiger charge is -2.05. The molecular formula is C11H21NO3. The molecule has 88 valence electrons. The van der Waals surface area contributed by atoms with Gasteiger partial charge in [-0.2, -0.15) is 0 Å². The van der Waals surface area contributed by atoms with E-state index in [9.17, 15) is 4.79 Å². The molecule has 0 aliphatic heterocycles. The van der Waals surface area contributed by atoms with Crippen molar-refractivity contribution in [3.05, 3.63) is 12.2 Å². The molecule has 0 radical (unpaired) electrons. The first kappa shape index (κ1) is 14.1. The SMILES string of the molecule is C=C(C)COCCNC(=O)CCCCO. The second-order valence-electron chi connectivity index (χ2n) is 3.54. The average molecular weight is 215 g/mol. The highest BCUT2D eigenvalue weighted by molar-refractivity contribution is 5.75. The second kappa shape index (κ2) is 9.68. The van der Waals surface area contributed by atoms with Crippen molar-refractivity contribution in [3.63, 3.8) is 0 Å². The van der Waals surface area contributed by atoms with E-state index in [0.29, 0.717) is 32.6 Å². The molecule has 1 amide bonds. The Hall–Kier alpha value is -0.870. The fourth-order valence-corrected chi connectivity index (χ4v) is 0.995. The lowest BCUT2D eigenvalue weighted by Crippen LogP contribution is -2.27. The monoisotopic (exact) mass is 215 g/mol. The van der Waals surface area contributed by atoms with Gasteiger partial charge in [-0.15, -0.1) is 0 Å². The number of carbonyl (C=O) groups is 1. The van der Waals surface area contributed by atoms with Crippen molar-refractivity contribution < 1.29 is 14.6 Å². The van der Waals surface area contributed by atoms with Crippen LogP contribution in [-0.4, -0.2) is 37.4 Å². The number of ether oxygens (including phenoxy) is 1. The van der Waals surface area contributed by atoms with Crippen molar-refractivity contribution >= 4 is 5.91 Å². The van der Waals surface area contributed by atoms with E-state index in [2.05, 4.69) is 11.9 Å². The van der Waals surface area contributed by atoms with Crippen molar-refractivity contribution in [3.8, 4) is 0 Å². The molecule has 0 atom stereocenters. The zero-order valence-corrected chi connectivity index (χ0v) is 9.42. The van der Waals surface area contributed by atoms with Gasteiger partial charge in [0.15, 0.2) is 0 Å². The zero-order chi connectivity index (χ0) is 11.5. The molecule has 0 aliphatic carbocycles. The van der Waals surface area contributed by atoms with E-state index in [-0.39, 0.29) is 12.5 Å². The van der Waals surface area contributed by atoms with Crippen LogP contribution >= 0.6 is 0 Å². The Labute approximate surface area is 91.3 Å². The molecule has 0 heterocycles. The van der Waals surface area contributed by atoms with E-state index in [0.717, 1.165) is 12.0 Å². The van der Waals surface area contributed by atoms with Gasteiger partial charge in [-0.05, 0) is 19.8 Å². The van der Waals surface area contributed by atoms with E-state index in [1.54, 1.807) is 0 Å². The summed E-state index contributed by atoms with van der Waals surface area (Å²) in [4.78, 5) is 11.1. The highest BCUT2D eigenvalue weighted by Gasteiger charge is 1.99. The number of aliphatic hydroxyl groups excluding tert-OH is 1. The molecule has 0 unspecified atom stereocenters. The second-order valence-corrected chi connectivity index (χ2v) is 3.54. The van der Waals surface area contributed by atoms with Gasteiger partial charge in [-0.1, -0.05) is 12.2 Å². The number of unbranched alkanes of at least 4 members (excludes halogenated alkanes) is 1. The van der Waals surface area contributed by atoms with Crippen LogP contribution in [0, 0.1) is 0 Å². The largest absolute Gasteiger partial charge is 0.396 e. The molecule has 0 saturated heterocycles. The Bertz CT molecular complexity index is 192. The predicted molar refractivity (Wildman–Crippen MR) is 59.6 cm³/mol. The van der Waals surface area contributed by atoms with Gasteiger partial charge in [0.2, 0.25) is 5.91 Å². The van der Waals surface area contributed by atoms with Crippen molar-refractivity contribution in [2.24, 2.45) is 0 Å². The van der Waals surface area contributed by atoms with Crippen molar-refractivity contribution in [2.75, 3.05) is 26.4 Å². The maximum Gasteiger partial charge on any atom is 0.220 e. The zero-order valence-electron chi connectivity index (χ0n) is 9.42. The van der Waals surface area contributed by atoms with E-state index in [1.165, 1.54) is 0 Å². The Morgan fingerprint density at radius 1 is 1.47 bits per heavy atom. The first-order chi connectivity index (χ1) is 7.16. The summed E-state index contributed by atoms with van der Waals surface area (Å²) in [5.41, 5.74) is 0.976. The van der Waals surface area contributed by atoms with Crippen molar-refractivity contribution in [2.45, 2.75) is 26.2 Å². The summed E-state index contributed by atoms with van der Waals surface area (Å²) in [6.45, 7) is 7.33. The Morgan fingerprint density at radius 2 is 2.20 bits per heavy atom. The summed E-state index contributed by atoms with van der Waals surface area (Å²) in [7, 11) is 0. The number of carbonyl (C=O) groups excluding carboxylic acids is 1. The normalized spacial score (nSPS) is 10.0. The van der Waals surface area contributed by atoms with Crippen LogP contribution in [-0.2, 0) is 9.53 Å². The molecule has 0 spiro atoms. The molecule has 0 aliphatic rings. The minimum atomic E-state index is 0.0161. The summed E-state index contributed by atoms with van der Waals surface area (Å²) in [6.07, 6.45) is 1.88. The van der Waals surface area contributed by atoms with Gasteiger partial charge < -0.3 is 15.2 Å². The highest BCUT2D eigenvalue weighted by Crippen LogP contribution is 1.93. The van der Waals surface area contributed by atoms with Crippen LogP contribution in [0.25, 0.3) is 0 Å². The number of hydrogen-bond donors (Lipinski definition) is 2. The number of hydrogen-bond acceptors (Lipinski definition) is 3. The predicted octanol–water partition coefficient (Wildman–Crippen LogP) is 0.858. The lowest BCUT2D eigenvalue weighted by atomic mass is 10.2. The molecule has 0 fully saturated rings. The topological polar surface area (TPSA) is 58.6 Å². The first-order valence-corrected chi connectivity index (χ1v) is 5.26. The fraction of sp³-hybridized carbons (Fsp3) is 0.727. The van der Waals surface area contributed by atoms with Crippen LogP contribution in [0.15, 0.2) is 12.2 Å². The first-order valence-electron chi connectivity index (χ1n) is 5.26. The summed E-state index contributed by atoms with van der Waals surface area (Å²) in [5, 5.41) is 11.3. The maximum atomic E-state index is 11.1. The average Bonchev–Trinajstić information content (AvgIpc) is 2.17. The molecule has 2 N–H and O–H groups in total. The molecule has 15 heavy (non-hydrogen) atoms. The molecule has 0 saturated carbocycles. The summed E-state index contributed by atoms with van der Waals surface area (Å²) in [5.74, 6) is 0.0161. The van der Waals surface area contributed by atoms with Crippen LogP contribution < -0.4 is 5.32 Å². The van der Waals surface area contributed by atoms with Gasteiger partial charge in [-0.3, -0.25) is 4.79 Å². The van der Waals surface area contributed by atoms with Crippen LogP contribution in [0.2, 0.25) is 0 Å². The van der Waals surface area contributed by atoms with E-state index < -0.39 is 0 Å². The summed E-state index contributed by atoms with van der Waals surface area (Å²) >= 11 is 0. The Kier molecular flexibility index (Phi) is 9.11. The van der Waals surface area contributed by atoms with Crippen molar-refractivity contribution in [1.82, 2.24) is 5.32 Å². The van der Waals surface area contributed by atoms with Gasteiger partial charge in [0.25, 0.3) is 0 Å². The minimum Gasteiger partial charge on any atom is -0.396 e. The quantitative estimate of drug-likeness (QED) is 0.443. The fourth-order valence-electron chi connectivity index (χ4n) is 0.995. The third-order valence-electron chi connectivity index (χ3n) is 1.73. The molecule has 0 aromatic carbocycles. The third-order valence-corrected chi connectivity index (χ3v) is 1.73. The molecule has 0 aromatic rings.